The SMILES string of the molecule is CCC1CCCCC1NCCNS(C)(=O)=O. The van der Waals surface area contributed by atoms with Gasteiger partial charge in [-0.3, -0.25) is 0 Å². The van der Waals surface area contributed by atoms with Crippen LogP contribution in [0.25, 0.3) is 0 Å². The van der Waals surface area contributed by atoms with Crippen molar-refractivity contribution in [1.29, 1.82) is 0 Å². The number of nitrogens with one attached hydrogen (secondary N) is 2. The fraction of sp³-hybridized carbons (Fsp3) is 1.00. The van der Waals surface area contributed by atoms with E-state index in [0.717, 1.165) is 12.5 Å². The fourth-order valence-corrected chi connectivity index (χ4v) is 2.93. The van der Waals surface area contributed by atoms with Crippen LogP contribution >= 0.6 is 0 Å². The summed E-state index contributed by atoms with van der Waals surface area (Å²) in [5.41, 5.74) is 0. The monoisotopic (exact) mass is 248 g/mol. The molecule has 16 heavy (non-hydrogen) atoms. The van der Waals surface area contributed by atoms with Crippen LogP contribution in [-0.2, 0) is 10.0 Å². The Labute approximate surface area is 99.2 Å². The van der Waals surface area contributed by atoms with Crippen LogP contribution < -0.4 is 10.0 Å². The summed E-state index contributed by atoms with van der Waals surface area (Å²) in [6.45, 7) is 3.46. The number of hydrogen-bond acceptors (Lipinski definition) is 3. The predicted octanol–water partition coefficient (Wildman–Crippen LogP) is 1.09. The van der Waals surface area contributed by atoms with Gasteiger partial charge >= 0.3 is 0 Å². The summed E-state index contributed by atoms with van der Waals surface area (Å²) >= 11 is 0. The highest BCUT2D eigenvalue weighted by Crippen LogP contribution is 2.26. The predicted molar refractivity (Wildman–Crippen MR) is 66.9 cm³/mol. The van der Waals surface area contributed by atoms with Crippen molar-refractivity contribution in [2.75, 3.05) is 19.3 Å². The first kappa shape index (κ1) is 13.9. The number of sulfonamides is 1. The van der Waals surface area contributed by atoms with Gasteiger partial charge in [-0.25, -0.2) is 13.1 Å². The molecule has 2 N–H and O–H groups in total. The van der Waals surface area contributed by atoms with Gasteiger partial charge in [-0.15, -0.1) is 0 Å². The van der Waals surface area contributed by atoms with Crippen molar-refractivity contribution >= 4 is 10.0 Å². The molecule has 0 saturated heterocycles. The maximum atomic E-state index is 10.9. The molecule has 0 aromatic rings. The van der Waals surface area contributed by atoms with E-state index in [1.54, 1.807) is 0 Å². The van der Waals surface area contributed by atoms with Gasteiger partial charge in [-0.2, -0.15) is 0 Å². The molecule has 1 aliphatic rings. The highest BCUT2D eigenvalue weighted by molar-refractivity contribution is 7.88. The Morgan fingerprint density at radius 1 is 1.19 bits per heavy atom. The fourth-order valence-electron chi connectivity index (χ4n) is 2.46. The number of hydrogen-bond donors (Lipinski definition) is 2. The molecule has 0 aliphatic heterocycles. The molecule has 0 aromatic heterocycles. The van der Waals surface area contributed by atoms with Crippen molar-refractivity contribution in [3.8, 4) is 0 Å². The van der Waals surface area contributed by atoms with E-state index in [1.165, 1.54) is 38.4 Å². The van der Waals surface area contributed by atoms with Gasteiger partial charge < -0.3 is 5.32 Å². The highest BCUT2D eigenvalue weighted by atomic mass is 32.2. The van der Waals surface area contributed by atoms with Gasteiger partial charge in [-0.1, -0.05) is 26.2 Å². The molecule has 0 amide bonds. The zero-order valence-electron chi connectivity index (χ0n) is 10.3. The minimum absolute atomic E-state index is 0.492. The number of rotatable bonds is 6. The van der Waals surface area contributed by atoms with Crippen LogP contribution in [-0.4, -0.2) is 33.8 Å². The lowest BCUT2D eigenvalue weighted by atomic mass is 9.83. The Bertz CT molecular complexity index is 290. The minimum atomic E-state index is -3.04. The zero-order chi connectivity index (χ0) is 12.0. The van der Waals surface area contributed by atoms with Crippen LogP contribution in [0, 0.1) is 5.92 Å². The van der Waals surface area contributed by atoms with Crippen molar-refractivity contribution in [3.63, 3.8) is 0 Å². The largest absolute Gasteiger partial charge is 0.312 e. The molecule has 4 nitrogen and oxygen atoms in total. The van der Waals surface area contributed by atoms with E-state index in [1.807, 2.05) is 0 Å². The van der Waals surface area contributed by atoms with Crippen molar-refractivity contribution in [2.45, 2.75) is 45.1 Å². The quantitative estimate of drug-likeness (QED) is 0.692. The molecule has 0 heterocycles. The molecule has 96 valence electrons. The average Bonchev–Trinajstić information content (AvgIpc) is 2.23. The zero-order valence-corrected chi connectivity index (χ0v) is 11.1. The molecule has 5 heteroatoms. The molecular weight excluding hydrogens is 224 g/mol. The molecule has 0 bridgehead atoms. The summed E-state index contributed by atoms with van der Waals surface area (Å²) < 4.78 is 24.2. The normalized spacial score (nSPS) is 26.9. The third-order valence-corrected chi connectivity index (χ3v) is 4.06. The summed E-state index contributed by atoms with van der Waals surface area (Å²) in [6, 6.07) is 0.583. The second-order valence-electron chi connectivity index (χ2n) is 4.68. The first-order valence-corrected chi connectivity index (χ1v) is 8.10. The first-order valence-electron chi connectivity index (χ1n) is 6.21. The van der Waals surface area contributed by atoms with Crippen molar-refractivity contribution < 1.29 is 8.42 Å². The smallest absolute Gasteiger partial charge is 0.208 e. The van der Waals surface area contributed by atoms with Gasteiger partial charge in [-0.05, 0) is 18.8 Å². The second-order valence-corrected chi connectivity index (χ2v) is 6.51. The van der Waals surface area contributed by atoms with Crippen LogP contribution in [0.1, 0.15) is 39.0 Å². The molecule has 2 unspecified atom stereocenters. The Balaban J connectivity index is 2.20. The molecule has 1 aliphatic carbocycles. The van der Waals surface area contributed by atoms with Crippen LogP contribution in [0.5, 0.6) is 0 Å². The van der Waals surface area contributed by atoms with Crippen LogP contribution in [0.3, 0.4) is 0 Å². The van der Waals surface area contributed by atoms with Gasteiger partial charge in [0.1, 0.15) is 0 Å². The summed E-state index contributed by atoms with van der Waals surface area (Å²) in [7, 11) is -3.04. The van der Waals surface area contributed by atoms with Crippen LogP contribution in [0.2, 0.25) is 0 Å². The van der Waals surface area contributed by atoms with E-state index in [-0.39, 0.29) is 0 Å². The van der Waals surface area contributed by atoms with E-state index in [4.69, 9.17) is 0 Å². The van der Waals surface area contributed by atoms with E-state index in [0.29, 0.717) is 12.6 Å². The third-order valence-electron chi connectivity index (χ3n) is 3.33. The molecule has 0 aromatic carbocycles. The maximum absolute atomic E-state index is 10.9. The van der Waals surface area contributed by atoms with Gasteiger partial charge in [0.25, 0.3) is 0 Å². The minimum Gasteiger partial charge on any atom is -0.312 e. The van der Waals surface area contributed by atoms with Crippen molar-refractivity contribution in [3.05, 3.63) is 0 Å². The van der Waals surface area contributed by atoms with Gasteiger partial charge in [0.15, 0.2) is 0 Å². The second kappa shape index (κ2) is 6.57. The molecule has 2 atom stereocenters. The van der Waals surface area contributed by atoms with Crippen LogP contribution in [0.15, 0.2) is 0 Å². The Morgan fingerprint density at radius 2 is 1.88 bits per heavy atom. The topological polar surface area (TPSA) is 58.2 Å². The van der Waals surface area contributed by atoms with E-state index < -0.39 is 10.0 Å². The summed E-state index contributed by atoms with van der Waals surface area (Å²) in [5, 5.41) is 3.47. The lowest BCUT2D eigenvalue weighted by Gasteiger charge is -2.31. The first-order chi connectivity index (χ1) is 7.53. The van der Waals surface area contributed by atoms with Crippen molar-refractivity contribution in [1.82, 2.24) is 10.0 Å². The summed E-state index contributed by atoms with van der Waals surface area (Å²) in [5.74, 6) is 0.770. The molecule has 1 rings (SSSR count). The third kappa shape index (κ3) is 5.27. The van der Waals surface area contributed by atoms with Crippen LogP contribution in [0.4, 0.5) is 0 Å². The van der Waals surface area contributed by atoms with E-state index >= 15 is 0 Å². The van der Waals surface area contributed by atoms with Crippen molar-refractivity contribution in [2.24, 2.45) is 5.92 Å². The summed E-state index contributed by atoms with van der Waals surface area (Å²) in [6.07, 6.45) is 7.61. The lowest BCUT2D eigenvalue weighted by Crippen LogP contribution is -2.42. The lowest BCUT2D eigenvalue weighted by molar-refractivity contribution is 0.257. The standard InChI is InChI=1S/C11H24N2O2S/c1-3-10-6-4-5-7-11(10)12-8-9-13-16(2,14)15/h10-13H,3-9H2,1-2H3. The Hall–Kier alpha value is -0.130. The maximum Gasteiger partial charge on any atom is 0.208 e. The molecule has 1 saturated carbocycles. The van der Waals surface area contributed by atoms with Gasteiger partial charge in [0.2, 0.25) is 10.0 Å². The highest BCUT2D eigenvalue weighted by Gasteiger charge is 2.22. The average molecular weight is 248 g/mol. The summed E-state index contributed by atoms with van der Waals surface area (Å²) in [4.78, 5) is 0. The van der Waals surface area contributed by atoms with E-state index in [9.17, 15) is 8.42 Å². The molecule has 0 radical (unpaired) electrons. The molecular formula is C11H24N2O2S. The van der Waals surface area contributed by atoms with E-state index in [2.05, 4.69) is 17.0 Å². The Kier molecular flexibility index (Phi) is 5.72. The molecule has 1 fully saturated rings. The molecule has 0 spiro atoms. The Morgan fingerprint density at radius 3 is 2.50 bits per heavy atom. The van der Waals surface area contributed by atoms with Gasteiger partial charge in [0.05, 0.1) is 6.26 Å². The van der Waals surface area contributed by atoms with Gasteiger partial charge in [0, 0.05) is 19.1 Å².